The van der Waals surface area contributed by atoms with Gasteiger partial charge in [0.25, 0.3) is 0 Å². The van der Waals surface area contributed by atoms with Crippen molar-refractivity contribution in [3.05, 3.63) is 0 Å². The lowest BCUT2D eigenvalue weighted by atomic mass is 9.99. The van der Waals surface area contributed by atoms with E-state index >= 15 is 0 Å². The van der Waals surface area contributed by atoms with Crippen LogP contribution in [0, 0.1) is 0 Å². The van der Waals surface area contributed by atoms with Gasteiger partial charge >= 0.3 is 0 Å². The first-order valence-corrected chi connectivity index (χ1v) is 7.54. The van der Waals surface area contributed by atoms with E-state index in [0.29, 0.717) is 6.10 Å². The van der Waals surface area contributed by atoms with Gasteiger partial charge in [-0.15, -0.1) is 0 Å². The van der Waals surface area contributed by atoms with E-state index in [9.17, 15) is 4.39 Å². The van der Waals surface area contributed by atoms with Crippen molar-refractivity contribution in [3.63, 3.8) is 0 Å². The second-order valence-electron chi connectivity index (χ2n) is 5.50. The van der Waals surface area contributed by atoms with Crippen LogP contribution in [0.2, 0.25) is 0 Å². The Morgan fingerprint density at radius 1 is 0.882 bits per heavy atom. The molecule has 0 aromatic rings. The predicted octanol–water partition coefficient (Wildman–Crippen LogP) is 5.03. The van der Waals surface area contributed by atoms with Crippen LogP contribution in [0.15, 0.2) is 0 Å². The van der Waals surface area contributed by atoms with Crippen LogP contribution in [0.4, 0.5) is 4.39 Å². The fraction of sp³-hybridized carbons (Fsp3) is 1.00. The predicted molar refractivity (Wildman–Crippen MR) is 71.1 cm³/mol. The molecule has 1 nitrogen and oxygen atoms in total. The molecule has 0 aromatic carbocycles. The van der Waals surface area contributed by atoms with Gasteiger partial charge < -0.3 is 4.74 Å². The number of hydrogen-bond donors (Lipinski definition) is 0. The minimum absolute atomic E-state index is 0.282. The third kappa shape index (κ3) is 8.59. The summed E-state index contributed by atoms with van der Waals surface area (Å²) in [6.45, 7) is 1.86. The van der Waals surface area contributed by atoms with Crippen molar-refractivity contribution in [3.8, 4) is 0 Å². The van der Waals surface area contributed by atoms with Crippen molar-refractivity contribution in [1.29, 1.82) is 0 Å². The van der Waals surface area contributed by atoms with E-state index in [0.717, 1.165) is 12.8 Å². The lowest BCUT2D eigenvalue weighted by molar-refractivity contribution is 0.0110. The van der Waals surface area contributed by atoms with Crippen LogP contribution in [0.1, 0.15) is 77.6 Å². The maximum atomic E-state index is 12.8. The summed E-state index contributed by atoms with van der Waals surface area (Å²) in [4.78, 5) is 0. The zero-order valence-electron chi connectivity index (χ0n) is 11.4. The van der Waals surface area contributed by atoms with Crippen LogP contribution in [-0.2, 0) is 4.74 Å². The molecule has 0 unspecified atom stereocenters. The van der Waals surface area contributed by atoms with Gasteiger partial charge in [0.2, 0.25) is 0 Å². The average Bonchev–Trinajstić information content (AvgIpc) is 2.28. The highest BCUT2D eigenvalue weighted by atomic mass is 19.1. The topological polar surface area (TPSA) is 9.23 Å². The molecule has 0 aliphatic heterocycles. The molecule has 1 fully saturated rings. The Bertz CT molecular complexity index is 158. The molecule has 0 heterocycles. The third-order valence-corrected chi connectivity index (χ3v) is 3.61. The summed E-state index contributed by atoms with van der Waals surface area (Å²) in [5, 5.41) is 0. The van der Waals surface area contributed by atoms with Crippen LogP contribution in [0.5, 0.6) is 0 Å². The van der Waals surface area contributed by atoms with Gasteiger partial charge in [0, 0.05) is 0 Å². The second-order valence-corrected chi connectivity index (χ2v) is 5.50. The van der Waals surface area contributed by atoms with Gasteiger partial charge in [-0.2, -0.15) is 0 Å². The van der Waals surface area contributed by atoms with Crippen LogP contribution in [-0.4, -0.2) is 18.9 Å². The zero-order valence-corrected chi connectivity index (χ0v) is 11.4. The molecule has 0 saturated heterocycles. The monoisotopic (exact) mass is 244 g/mol. The number of halogens is 1. The maximum absolute atomic E-state index is 12.8. The summed E-state index contributed by atoms with van der Waals surface area (Å²) >= 11 is 0. The quantitative estimate of drug-likeness (QED) is 0.676. The summed E-state index contributed by atoms with van der Waals surface area (Å²) in [6, 6.07) is 0. The van der Waals surface area contributed by atoms with E-state index in [-0.39, 0.29) is 6.61 Å². The lowest BCUT2D eigenvalue weighted by Crippen LogP contribution is -2.18. The van der Waals surface area contributed by atoms with Gasteiger partial charge in [0.05, 0.1) is 12.7 Å². The van der Waals surface area contributed by atoms with E-state index in [1.165, 1.54) is 57.8 Å². The lowest BCUT2D eigenvalue weighted by Gasteiger charge is -2.19. The molecule has 1 rings (SSSR count). The number of rotatable bonds is 3. The van der Waals surface area contributed by atoms with Crippen LogP contribution >= 0.6 is 0 Å². The molecule has 102 valence electrons. The number of alkyl halides is 1. The first kappa shape index (κ1) is 14.9. The summed E-state index contributed by atoms with van der Waals surface area (Å²) in [7, 11) is 0. The van der Waals surface area contributed by atoms with Crippen molar-refractivity contribution >= 4 is 0 Å². The number of ether oxygens (including phenoxy) is 1. The Morgan fingerprint density at radius 3 is 1.71 bits per heavy atom. The van der Waals surface area contributed by atoms with Gasteiger partial charge in [0.15, 0.2) is 0 Å². The molecule has 0 bridgehead atoms. The molecule has 2 heteroatoms. The zero-order chi connectivity index (χ0) is 12.3. The highest BCUT2D eigenvalue weighted by molar-refractivity contribution is 4.62. The molecule has 17 heavy (non-hydrogen) atoms. The molecule has 1 aliphatic rings. The normalized spacial score (nSPS) is 23.6. The van der Waals surface area contributed by atoms with Crippen LogP contribution in [0.25, 0.3) is 0 Å². The Morgan fingerprint density at radius 2 is 1.29 bits per heavy atom. The minimum Gasteiger partial charge on any atom is -0.375 e. The first-order valence-electron chi connectivity index (χ1n) is 7.54. The van der Waals surface area contributed by atoms with E-state index in [1.807, 2.05) is 0 Å². The molecule has 1 atom stereocenters. The van der Waals surface area contributed by atoms with Crippen molar-refractivity contribution in [2.75, 3.05) is 6.61 Å². The van der Waals surface area contributed by atoms with E-state index in [2.05, 4.69) is 0 Å². The smallest absolute Gasteiger partial charge is 0.121 e. The Balaban J connectivity index is 2.22. The summed E-state index contributed by atoms with van der Waals surface area (Å²) < 4.78 is 18.5. The molecule has 0 aromatic heterocycles. The molecule has 1 aliphatic carbocycles. The molecule has 0 amide bonds. The van der Waals surface area contributed by atoms with Crippen molar-refractivity contribution in [2.45, 2.75) is 89.8 Å². The van der Waals surface area contributed by atoms with Gasteiger partial charge in [0.1, 0.15) is 6.17 Å². The van der Waals surface area contributed by atoms with Gasteiger partial charge in [-0.05, 0) is 19.8 Å². The van der Waals surface area contributed by atoms with Crippen molar-refractivity contribution in [2.24, 2.45) is 0 Å². The third-order valence-electron chi connectivity index (χ3n) is 3.61. The Labute approximate surface area is 106 Å². The number of hydrogen-bond acceptors (Lipinski definition) is 1. The standard InChI is InChI=1S/C15H29FO/c1-14(16)13-17-15-11-9-7-5-3-2-4-6-8-10-12-15/h14-15H,2-13H2,1H3/t14-/m1/s1. The van der Waals surface area contributed by atoms with E-state index < -0.39 is 6.17 Å². The molecule has 0 spiro atoms. The van der Waals surface area contributed by atoms with E-state index in [1.54, 1.807) is 6.92 Å². The SMILES string of the molecule is C[C@@H](F)COC1CCCCCCCCCCC1. The first-order chi connectivity index (χ1) is 8.29. The maximum Gasteiger partial charge on any atom is 0.121 e. The molecule has 0 N–H and O–H groups in total. The Hall–Kier alpha value is -0.110. The van der Waals surface area contributed by atoms with Gasteiger partial charge in [-0.3, -0.25) is 0 Å². The van der Waals surface area contributed by atoms with Gasteiger partial charge in [-0.1, -0.05) is 57.8 Å². The van der Waals surface area contributed by atoms with Gasteiger partial charge in [-0.25, -0.2) is 4.39 Å². The molecule has 1 saturated carbocycles. The van der Waals surface area contributed by atoms with Crippen molar-refractivity contribution in [1.82, 2.24) is 0 Å². The van der Waals surface area contributed by atoms with Crippen molar-refractivity contribution < 1.29 is 9.13 Å². The summed E-state index contributed by atoms with van der Waals surface area (Å²) in [5.41, 5.74) is 0. The highest BCUT2D eigenvalue weighted by Crippen LogP contribution is 2.19. The largest absolute Gasteiger partial charge is 0.375 e. The van der Waals surface area contributed by atoms with Crippen LogP contribution in [0.3, 0.4) is 0 Å². The molecular weight excluding hydrogens is 215 g/mol. The summed E-state index contributed by atoms with van der Waals surface area (Å²) in [6.07, 6.45) is 13.9. The summed E-state index contributed by atoms with van der Waals surface area (Å²) in [5.74, 6) is 0. The second kappa shape index (κ2) is 9.87. The molecular formula is C15H29FO. The molecule has 0 radical (unpaired) electrons. The Kier molecular flexibility index (Phi) is 8.68. The highest BCUT2D eigenvalue weighted by Gasteiger charge is 2.11. The fourth-order valence-corrected chi connectivity index (χ4v) is 2.56. The van der Waals surface area contributed by atoms with Crippen LogP contribution < -0.4 is 0 Å². The average molecular weight is 244 g/mol. The van der Waals surface area contributed by atoms with E-state index in [4.69, 9.17) is 4.74 Å². The minimum atomic E-state index is -0.823. The fourth-order valence-electron chi connectivity index (χ4n) is 2.56.